The molecule has 230 valence electrons. The average Bonchev–Trinajstić information content (AvgIpc) is 3.59. The number of piperazine rings is 1. The maximum Gasteiger partial charge on any atom is 0.573 e. The molecule has 1 saturated heterocycles. The Bertz CT molecular complexity index is 1770. The third-order valence-electron chi connectivity index (χ3n) is 8.59. The Morgan fingerprint density at radius 1 is 0.955 bits per heavy atom. The predicted octanol–water partition coefficient (Wildman–Crippen LogP) is 5.59. The maximum absolute atomic E-state index is 12.6. The lowest BCUT2D eigenvalue weighted by Crippen LogP contribution is -2.49. The molecular weight excluding hydrogens is 575 g/mol. The number of halogens is 3. The van der Waals surface area contributed by atoms with E-state index in [2.05, 4.69) is 41.9 Å². The molecule has 2 aromatic carbocycles. The molecule has 5 aromatic rings. The molecule has 3 aromatic heterocycles. The van der Waals surface area contributed by atoms with Crippen molar-refractivity contribution in [1.29, 1.82) is 0 Å². The summed E-state index contributed by atoms with van der Waals surface area (Å²) in [4.78, 5) is 18.1. The lowest BCUT2D eigenvalue weighted by Gasteiger charge is -2.41. The fourth-order valence-electron chi connectivity index (χ4n) is 6.30. The van der Waals surface area contributed by atoms with Crippen molar-refractivity contribution in [2.45, 2.75) is 44.1 Å². The first-order chi connectivity index (χ1) is 21.2. The van der Waals surface area contributed by atoms with Crippen LogP contribution in [0.1, 0.15) is 31.7 Å². The SMILES string of the molecule is CN1CCN([C@H]2CC[C@@H](n3nc(-c4ccc(Nc5nc6cc(OC(F)(F)F)ccc6o5)cc4)c4c(N)ncnc43)CC2)CC1. The summed E-state index contributed by atoms with van der Waals surface area (Å²) in [6.07, 6.45) is 0.989. The number of likely N-dealkylation sites (N-methyl/N-ethyl adjacent to an activating group) is 1. The quantitative estimate of drug-likeness (QED) is 0.253. The molecule has 4 heterocycles. The third kappa shape index (κ3) is 5.74. The number of nitrogens with one attached hydrogen (secondary N) is 1. The van der Waals surface area contributed by atoms with Crippen molar-refractivity contribution in [2.24, 2.45) is 0 Å². The highest BCUT2D eigenvalue weighted by Crippen LogP contribution is 2.37. The molecule has 0 radical (unpaired) electrons. The molecule has 1 aliphatic heterocycles. The highest BCUT2D eigenvalue weighted by Gasteiger charge is 2.32. The molecule has 0 bridgehead atoms. The number of nitrogen functional groups attached to an aromatic ring is 1. The number of ether oxygens (including phenoxy) is 1. The van der Waals surface area contributed by atoms with E-state index in [1.165, 1.54) is 24.5 Å². The van der Waals surface area contributed by atoms with Gasteiger partial charge in [0.05, 0.1) is 11.4 Å². The van der Waals surface area contributed by atoms with E-state index in [1.807, 2.05) is 28.9 Å². The van der Waals surface area contributed by atoms with Gasteiger partial charge in [0.2, 0.25) is 0 Å². The van der Waals surface area contributed by atoms with Crippen molar-refractivity contribution >= 4 is 39.7 Å². The van der Waals surface area contributed by atoms with Gasteiger partial charge in [0.25, 0.3) is 6.01 Å². The van der Waals surface area contributed by atoms with E-state index in [-0.39, 0.29) is 23.3 Å². The highest BCUT2D eigenvalue weighted by atomic mass is 19.4. The molecule has 3 N–H and O–H groups in total. The number of nitrogens with zero attached hydrogens (tertiary/aromatic N) is 7. The van der Waals surface area contributed by atoms with Crippen LogP contribution in [-0.2, 0) is 0 Å². The van der Waals surface area contributed by atoms with Crippen molar-refractivity contribution in [3.63, 3.8) is 0 Å². The highest BCUT2D eigenvalue weighted by molar-refractivity contribution is 5.98. The Balaban J connectivity index is 1.09. The molecule has 0 atom stereocenters. The van der Waals surface area contributed by atoms with Crippen molar-refractivity contribution in [1.82, 2.24) is 34.5 Å². The van der Waals surface area contributed by atoms with Crippen molar-refractivity contribution in [3.8, 4) is 17.0 Å². The molecule has 0 unspecified atom stereocenters. The molecule has 1 aliphatic carbocycles. The minimum absolute atomic E-state index is 0.136. The first kappa shape index (κ1) is 28.3. The second-order valence-corrected chi connectivity index (χ2v) is 11.5. The number of aromatic nitrogens is 5. The van der Waals surface area contributed by atoms with Gasteiger partial charge in [-0.05, 0) is 57.0 Å². The first-order valence-electron chi connectivity index (χ1n) is 14.7. The molecule has 7 rings (SSSR count). The van der Waals surface area contributed by atoms with Gasteiger partial charge in [-0.2, -0.15) is 10.1 Å². The van der Waals surface area contributed by atoms with E-state index < -0.39 is 6.36 Å². The molecule has 0 spiro atoms. The summed E-state index contributed by atoms with van der Waals surface area (Å²) in [5.41, 5.74) is 9.88. The summed E-state index contributed by atoms with van der Waals surface area (Å²) < 4.78 is 49.4. The monoisotopic (exact) mass is 607 g/mol. The number of alkyl halides is 3. The van der Waals surface area contributed by atoms with E-state index in [9.17, 15) is 13.2 Å². The largest absolute Gasteiger partial charge is 0.573 e. The van der Waals surface area contributed by atoms with Crippen molar-refractivity contribution in [3.05, 3.63) is 48.8 Å². The van der Waals surface area contributed by atoms with Gasteiger partial charge in [-0.1, -0.05) is 12.1 Å². The number of rotatable bonds is 6. The molecule has 11 nitrogen and oxygen atoms in total. The number of benzene rings is 2. The minimum Gasteiger partial charge on any atom is -0.423 e. The van der Waals surface area contributed by atoms with Gasteiger partial charge in [-0.25, -0.2) is 14.6 Å². The topological polar surface area (TPSA) is 123 Å². The van der Waals surface area contributed by atoms with Crippen LogP contribution in [0.2, 0.25) is 0 Å². The minimum atomic E-state index is -4.79. The number of fused-ring (bicyclic) bond motifs is 2. The Morgan fingerprint density at radius 3 is 2.41 bits per heavy atom. The van der Waals surface area contributed by atoms with Crippen LogP contribution in [0.3, 0.4) is 0 Å². The van der Waals surface area contributed by atoms with E-state index in [0.29, 0.717) is 28.8 Å². The third-order valence-corrected chi connectivity index (χ3v) is 8.59. The second-order valence-electron chi connectivity index (χ2n) is 11.5. The standard InChI is InChI=1S/C30H32F3N9O2/c1-40-12-14-41(15-13-40)20-6-8-21(9-7-20)42-28-25(27(34)35-17-36-28)26(39-42)18-2-4-19(5-3-18)37-29-38-23-16-22(44-30(31,32)33)10-11-24(23)43-29/h2-5,10-11,16-17,20-21H,6-9,12-15H2,1H3,(H,37,38)(H2,34,35,36)/t20-,21+. The Kier molecular flexibility index (Phi) is 7.25. The first-order valence-corrected chi connectivity index (χ1v) is 14.7. The van der Waals surface area contributed by atoms with E-state index in [1.54, 1.807) is 0 Å². The van der Waals surface area contributed by atoms with E-state index in [4.69, 9.17) is 15.2 Å². The summed E-state index contributed by atoms with van der Waals surface area (Å²) in [5.74, 6) is 0.0112. The summed E-state index contributed by atoms with van der Waals surface area (Å²) in [6.45, 7) is 4.49. The lowest BCUT2D eigenvalue weighted by molar-refractivity contribution is -0.274. The van der Waals surface area contributed by atoms with Crippen LogP contribution >= 0.6 is 0 Å². The van der Waals surface area contributed by atoms with Crippen molar-refractivity contribution in [2.75, 3.05) is 44.3 Å². The summed E-state index contributed by atoms with van der Waals surface area (Å²) in [7, 11) is 2.18. The normalized spacial score (nSPS) is 20.4. The van der Waals surface area contributed by atoms with Gasteiger partial charge >= 0.3 is 6.36 Å². The molecule has 0 amide bonds. The van der Waals surface area contributed by atoms with Crippen LogP contribution < -0.4 is 15.8 Å². The van der Waals surface area contributed by atoms with Crippen LogP contribution in [0, 0.1) is 0 Å². The van der Waals surface area contributed by atoms with Crippen molar-refractivity contribution < 1.29 is 22.3 Å². The summed E-state index contributed by atoms with van der Waals surface area (Å²) in [6, 6.07) is 12.2. The molecule has 1 saturated carbocycles. The predicted molar refractivity (Wildman–Crippen MR) is 160 cm³/mol. The maximum atomic E-state index is 12.6. The number of anilines is 3. The summed E-state index contributed by atoms with van der Waals surface area (Å²) in [5, 5.41) is 8.82. The van der Waals surface area contributed by atoms with Crippen LogP contribution in [0.25, 0.3) is 33.4 Å². The van der Waals surface area contributed by atoms with Gasteiger partial charge in [0.15, 0.2) is 11.2 Å². The number of hydrogen-bond donors (Lipinski definition) is 2. The Labute approximate surface area is 250 Å². The second kappa shape index (κ2) is 11.2. The number of nitrogens with two attached hydrogens (primary N) is 1. The molecule has 2 aliphatic rings. The zero-order valence-corrected chi connectivity index (χ0v) is 24.1. The average molecular weight is 608 g/mol. The zero-order chi connectivity index (χ0) is 30.4. The number of hydrogen-bond acceptors (Lipinski definition) is 10. The number of oxazole rings is 1. The molecule has 44 heavy (non-hydrogen) atoms. The molecular formula is C30H32F3N9O2. The van der Waals surface area contributed by atoms with Crippen LogP contribution in [0.5, 0.6) is 5.75 Å². The van der Waals surface area contributed by atoms with Crippen LogP contribution in [0.15, 0.2) is 53.2 Å². The Morgan fingerprint density at radius 2 is 1.68 bits per heavy atom. The lowest BCUT2D eigenvalue weighted by atomic mass is 9.90. The van der Waals surface area contributed by atoms with Crippen LogP contribution in [0.4, 0.5) is 30.7 Å². The summed E-state index contributed by atoms with van der Waals surface area (Å²) >= 11 is 0. The van der Waals surface area contributed by atoms with E-state index >= 15 is 0 Å². The van der Waals surface area contributed by atoms with Gasteiger partial charge in [-0.3, -0.25) is 4.90 Å². The van der Waals surface area contributed by atoms with Gasteiger partial charge < -0.3 is 25.1 Å². The molecule has 14 heteroatoms. The molecule has 2 fully saturated rings. The van der Waals surface area contributed by atoms with Gasteiger partial charge in [0, 0.05) is 49.5 Å². The Hall–Kier alpha value is -4.43. The van der Waals surface area contributed by atoms with Gasteiger partial charge in [0.1, 0.15) is 29.1 Å². The fraction of sp³-hybridized carbons (Fsp3) is 0.400. The fourth-order valence-corrected chi connectivity index (χ4v) is 6.30. The zero-order valence-electron chi connectivity index (χ0n) is 24.1. The van der Waals surface area contributed by atoms with Gasteiger partial charge in [-0.15, -0.1) is 13.2 Å². The van der Waals surface area contributed by atoms with E-state index in [0.717, 1.165) is 68.5 Å². The smallest absolute Gasteiger partial charge is 0.423 e. The van der Waals surface area contributed by atoms with Crippen LogP contribution in [-0.4, -0.2) is 80.2 Å².